The summed E-state index contributed by atoms with van der Waals surface area (Å²) in [5, 5.41) is 12.2. The summed E-state index contributed by atoms with van der Waals surface area (Å²) in [6.45, 7) is 3.55. The largest absolute Gasteiger partial charge is 0.478 e. The van der Waals surface area contributed by atoms with Crippen LogP contribution in [0.25, 0.3) is 0 Å². The van der Waals surface area contributed by atoms with Crippen LogP contribution >= 0.6 is 0 Å². The van der Waals surface area contributed by atoms with Gasteiger partial charge in [0.25, 0.3) is 5.91 Å². The van der Waals surface area contributed by atoms with E-state index in [4.69, 9.17) is 13.9 Å². The fourth-order valence-electron chi connectivity index (χ4n) is 2.93. The van der Waals surface area contributed by atoms with E-state index >= 15 is 0 Å². The third kappa shape index (κ3) is 6.32. The number of carbonyl (C=O) groups is 4. The van der Waals surface area contributed by atoms with E-state index in [1.807, 2.05) is 13.8 Å². The van der Waals surface area contributed by atoms with Crippen LogP contribution in [0, 0.1) is 13.8 Å². The molecule has 3 rings (SSSR count). The number of ether oxygens (including phenoxy) is 2. The maximum Gasteiger partial charge on any atom is 0.349 e. The summed E-state index contributed by atoms with van der Waals surface area (Å²) in [4.78, 5) is 50.1. The van der Waals surface area contributed by atoms with E-state index in [1.54, 1.807) is 36.4 Å². The molecule has 0 saturated carbocycles. The highest BCUT2D eigenvalue weighted by Gasteiger charge is 2.41. The Morgan fingerprint density at radius 2 is 1.32 bits per heavy atom. The van der Waals surface area contributed by atoms with Crippen LogP contribution in [0.15, 0.2) is 71.3 Å². The summed E-state index contributed by atoms with van der Waals surface area (Å²) < 4.78 is 15.5. The normalized spacial score (nSPS) is 12.3. The van der Waals surface area contributed by atoms with Gasteiger partial charge in [-0.2, -0.15) is 0 Å². The molecule has 3 aromatic rings. The topological polar surface area (TPSA) is 132 Å². The molecule has 0 aliphatic carbocycles. The molecule has 2 N–H and O–H groups in total. The number of carboxylic acids is 1. The smallest absolute Gasteiger partial charge is 0.349 e. The third-order valence-electron chi connectivity index (χ3n) is 4.84. The van der Waals surface area contributed by atoms with Gasteiger partial charge in [0.2, 0.25) is 12.2 Å². The van der Waals surface area contributed by atoms with Gasteiger partial charge in [-0.3, -0.25) is 4.79 Å². The number of nitrogens with one attached hydrogen (secondary N) is 1. The Hall–Kier alpha value is -4.40. The van der Waals surface area contributed by atoms with Crippen LogP contribution in [-0.4, -0.2) is 41.1 Å². The van der Waals surface area contributed by atoms with Crippen LogP contribution in [0.2, 0.25) is 0 Å². The predicted octanol–water partition coefficient (Wildman–Crippen LogP) is 3.05. The summed E-state index contributed by atoms with van der Waals surface area (Å²) >= 11 is 0. The zero-order valence-electron chi connectivity index (χ0n) is 18.5. The number of benzene rings is 2. The van der Waals surface area contributed by atoms with Gasteiger partial charge in [0.1, 0.15) is 5.76 Å². The van der Waals surface area contributed by atoms with Crippen molar-refractivity contribution in [3.8, 4) is 0 Å². The molecule has 0 saturated heterocycles. The molecule has 0 aliphatic heterocycles. The molecule has 176 valence electrons. The second-order valence-electron chi connectivity index (χ2n) is 7.52. The lowest BCUT2D eigenvalue weighted by atomic mass is 10.1. The number of hydrogen-bond donors (Lipinski definition) is 2. The third-order valence-corrected chi connectivity index (χ3v) is 4.84. The van der Waals surface area contributed by atoms with Crippen LogP contribution in [0.4, 0.5) is 0 Å². The summed E-state index contributed by atoms with van der Waals surface area (Å²) in [5.74, 6) is -4.17. The van der Waals surface area contributed by atoms with Crippen molar-refractivity contribution in [1.82, 2.24) is 5.32 Å². The van der Waals surface area contributed by atoms with E-state index in [-0.39, 0.29) is 17.7 Å². The van der Waals surface area contributed by atoms with E-state index < -0.39 is 36.0 Å². The molecule has 1 heterocycles. The molecule has 0 radical (unpaired) electrons. The lowest BCUT2D eigenvalue weighted by Gasteiger charge is -2.23. The monoisotopic (exact) mass is 465 g/mol. The highest BCUT2D eigenvalue weighted by atomic mass is 16.6. The summed E-state index contributed by atoms with van der Waals surface area (Å²) in [7, 11) is 0. The zero-order valence-corrected chi connectivity index (χ0v) is 18.5. The average Bonchev–Trinajstić information content (AvgIpc) is 3.34. The minimum atomic E-state index is -2.10. The molecule has 1 amide bonds. The molecule has 2 aromatic carbocycles. The predicted molar refractivity (Wildman–Crippen MR) is 119 cm³/mol. The van der Waals surface area contributed by atoms with Crippen molar-refractivity contribution in [3.05, 3.63) is 94.9 Å². The second kappa shape index (κ2) is 11.0. The molecule has 0 spiro atoms. The van der Waals surface area contributed by atoms with Crippen LogP contribution in [0.5, 0.6) is 0 Å². The molecule has 0 bridgehead atoms. The number of carboxylic acid groups (broad SMARTS) is 1. The number of furan rings is 1. The van der Waals surface area contributed by atoms with Crippen LogP contribution < -0.4 is 5.32 Å². The minimum Gasteiger partial charge on any atom is -0.478 e. The molecule has 9 nitrogen and oxygen atoms in total. The molecule has 9 heteroatoms. The van der Waals surface area contributed by atoms with Crippen molar-refractivity contribution >= 4 is 23.8 Å². The van der Waals surface area contributed by atoms with Gasteiger partial charge in [-0.05, 0) is 50.2 Å². The van der Waals surface area contributed by atoms with Gasteiger partial charge in [0, 0.05) is 0 Å². The van der Waals surface area contributed by atoms with Gasteiger partial charge < -0.3 is 24.3 Å². The number of aliphatic carboxylic acids is 1. The number of aryl methyl sites for hydroxylation is 2. The number of amides is 1. The van der Waals surface area contributed by atoms with E-state index in [2.05, 4.69) is 5.32 Å². The summed E-state index contributed by atoms with van der Waals surface area (Å²) in [5.41, 5.74) is 1.95. The zero-order chi connectivity index (χ0) is 24.7. The first-order valence-electron chi connectivity index (χ1n) is 10.3. The standard InChI is InChI=1S/C25H23NO8/c1-15-5-9-17(10-6-15)24(30)33-20(22(27)26-14-19-4-3-13-32-19)21(23(28)29)34-25(31)18-11-7-16(2)8-12-18/h3-13,20-21H,14H2,1-2H3,(H,26,27)(H,28,29). The van der Waals surface area contributed by atoms with Crippen molar-refractivity contribution < 1.29 is 38.2 Å². The van der Waals surface area contributed by atoms with Crippen LogP contribution in [0.3, 0.4) is 0 Å². The Labute approximate surface area is 195 Å². The lowest BCUT2D eigenvalue weighted by Crippen LogP contribution is -2.50. The number of hydrogen-bond acceptors (Lipinski definition) is 7. The Bertz CT molecular complexity index is 1150. The Morgan fingerprint density at radius 1 is 0.824 bits per heavy atom. The minimum absolute atomic E-state index is 0.0801. The van der Waals surface area contributed by atoms with Crippen molar-refractivity contribution in [2.45, 2.75) is 32.6 Å². The molecule has 34 heavy (non-hydrogen) atoms. The number of esters is 2. The second-order valence-corrected chi connectivity index (χ2v) is 7.52. The highest BCUT2D eigenvalue weighted by Crippen LogP contribution is 2.15. The molecular formula is C25H23NO8. The first-order chi connectivity index (χ1) is 16.2. The fraction of sp³-hybridized carbons (Fsp3) is 0.200. The Balaban J connectivity index is 1.84. The van der Waals surface area contributed by atoms with Gasteiger partial charge in [0.15, 0.2) is 0 Å². The van der Waals surface area contributed by atoms with Crippen molar-refractivity contribution in [1.29, 1.82) is 0 Å². The number of carbonyl (C=O) groups excluding carboxylic acids is 3. The SMILES string of the molecule is Cc1ccc(C(=O)OC(C(=O)O)C(OC(=O)c2ccc(C)cc2)C(=O)NCc2ccco2)cc1. The Morgan fingerprint density at radius 3 is 1.76 bits per heavy atom. The van der Waals surface area contributed by atoms with Crippen molar-refractivity contribution in [2.24, 2.45) is 0 Å². The van der Waals surface area contributed by atoms with Crippen molar-refractivity contribution in [2.75, 3.05) is 0 Å². The van der Waals surface area contributed by atoms with Gasteiger partial charge >= 0.3 is 17.9 Å². The van der Waals surface area contributed by atoms with Crippen molar-refractivity contribution in [3.63, 3.8) is 0 Å². The lowest BCUT2D eigenvalue weighted by molar-refractivity contribution is -0.159. The van der Waals surface area contributed by atoms with Gasteiger partial charge in [0.05, 0.1) is 23.9 Å². The van der Waals surface area contributed by atoms with E-state index in [0.29, 0.717) is 5.76 Å². The van der Waals surface area contributed by atoms with E-state index in [9.17, 15) is 24.3 Å². The van der Waals surface area contributed by atoms with Gasteiger partial charge in [-0.15, -0.1) is 0 Å². The first kappa shape index (κ1) is 24.2. The maximum absolute atomic E-state index is 12.9. The molecule has 2 atom stereocenters. The Kier molecular flexibility index (Phi) is 7.81. The van der Waals surface area contributed by atoms with E-state index in [1.165, 1.54) is 30.5 Å². The quantitative estimate of drug-likeness (QED) is 0.461. The molecule has 1 aromatic heterocycles. The molecular weight excluding hydrogens is 442 g/mol. The van der Waals surface area contributed by atoms with Gasteiger partial charge in [-0.1, -0.05) is 35.4 Å². The fourth-order valence-corrected chi connectivity index (χ4v) is 2.93. The average molecular weight is 465 g/mol. The molecule has 0 fully saturated rings. The van der Waals surface area contributed by atoms with E-state index in [0.717, 1.165) is 11.1 Å². The first-order valence-corrected chi connectivity index (χ1v) is 10.3. The van der Waals surface area contributed by atoms with Crippen LogP contribution in [0.1, 0.15) is 37.6 Å². The molecule has 2 unspecified atom stereocenters. The number of rotatable bonds is 9. The maximum atomic E-state index is 12.9. The van der Waals surface area contributed by atoms with Crippen LogP contribution in [-0.2, 0) is 25.6 Å². The van der Waals surface area contributed by atoms with Gasteiger partial charge in [-0.25, -0.2) is 14.4 Å². The highest BCUT2D eigenvalue weighted by molar-refractivity contribution is 5.96. The summed E-state index contributed by atoms with van der Waals surface area (Å²) in [6.07, 6.45) is -2.66. The molecule has 0 aliphatic rings. The summed E-state index contributed by atoms with van der Waals surface area (Å²) in [6, 6.07) is 15.7.